The van der Waals surface area contributed by atoms with Crippen LogP contribution in [0.5, 0.6) is 11.5 Å². The summed E-state index contributed by atoms with van der Waals surface area (Å²) in [5.41, 5.74) is 1.13. The Kier molecular flexibility index (Phi) is 10.5. The van der Waals surface area contributed by atoms with Gasteiger partial charge in [0.15, 0.2) is 11.5 Å². The molecule has 2 aromatic carbocycles. The molecule has 1 atom stereocenters. The number of nitrogens with zero attached hydrogens (tertiary/aromatic N) is 2. The van der Waals surface area contributed by atoms with Gasteiger partial charge in [0, 0.05) is 31.6 Å². The first-order valence-electron chi connectivity index (χ1n) is 14.4. The van der Waals surface area contributed by atoms with Gasteiger partial charge in [-0.05, 0) is 55.5 Å². The molecule has 9 nitrogen and oxygen atoms in total. The summed E-state index contributed by atoms with van der Waals surface area (Å²) >= 11 is 0. The number of halogens is 1. The minimum atomic E-state index is -3.65. The van der Waals surface area contributed by atoms with Gasteiger partial charge in [0.05, 0.1) is 11.9 Å². The molecule has 41 heavy (non-hydrogen) atoms. The van der Waals surface area contributed by atoms with Crippen molar-refractivity contribution in [3.8, 4) is 11.5 Å². The fourth-order valence-electron chi connectivity index (χ4n) is 5.44. The van der Waals surface area contributed by atoms with Crippen molar-refractivity contribution in [3.05, 3.63) is 53.8 Å². The number of amides is 2. The topological polar surface area (TPSA) is 105 Å². The maximum atomic E-state index is 13.6. The maximum absolute atomic E-state index is 13.6. The molecule has 0 radical (unpaired) electrons. The van der Waals surface area contributed by atoms with Crippen molar-refractivity contribution >= 4 is 27.5 Å². The van der Waals surface area contributed by atoms with E-state index in [2.05, 4.69) is 5.32 Å². The van der Waals surface area contributed by atoms with Gasteiger partial charge >= 0.3 is 0 Å². The summed E-state index contributed by atoms with van der Waals surface area (Å²) in [7, 11) is -3.65. The molecular formula is C30H40FN3O6S. The molecule has 1 saturated carbocycles. The fourth-order valence-corrected chi connectivity index (χ4v) is 6.40. The zero-order valence-electron chi connectivity index (χ0n) is 23.8. The van der Waals surface area contributed by atoms with E-state index in [-0.39, 0.29) is 49.6 Å². The maximum Gasteiger partial charge on any atom is 0.243 e. The molecule has 1 heterocycles. The lowest BCUT2D eigenvalue weighted by atomic mass is 9.95. The Morgan fingerprint density at radius 2 is 1.71 bits per heavy atom. The van der Waals surface area contributed by atoms with Gasteiger partial charge in [-0.2, -0.15) is 0 Å². The van der Waals surface area contributed by atoms with Gasteiger partial charge in [-0.3, -0.25) is 13.9 Å². The Morgan fingerprint density at radius 1 is 1.02 bits per heavy atom. The molecule has 1 aliphatic carbocycles. The molecular weight excluding hydrogens is 549 g/mol. The first-order valence-corrected chi connectivity index (χ1v) is 16.2. The second kappa shape index (κ2) is 14.0. The molecule has 224 valence electrons. The summed E-state index contributed by atoms with van der Waals surface area (Å²) in [6.07, 6.45) is 6.96. The van der Waals surface area contributed by atoms with Gasteiger partial charge in [0.25, 0.3) is 0 Å². The number of hydrogen-bond acceptors (Lipinski definition) is 6. The third-order valence-electron chi connectivity index (χ3n) is 7.57. The Morgan fingerprint density at radius 3 is 2.37 bits per heavy atom. The molecule has 1 aliphatic heterocycles. The predicted molar refractivity (Wildman–Crippen MR) is 155 cm³/mol. The first-order chi connectivity index (χ1) is 19.7. The Hall–Kier alpha value is -3.34. The first kappa shape index (κ1) is 30.6. The number of hydrogen-bond donors (Lipinski definition) is 1. The monoisotopic (exact) mass is 589 g/mol. The highest BCUT2D eigenvalue weighted by molar-refractivity contribution is 7.92. The van der Waals surface area contributed by atoms with Crippen molar-refractivity contribution in [1.82, 2.24) is 10.2 Å². The van der Waals surface area contributed by atoms with E-state index < -0.39 is 16.1 Å². The number of benzene rings is 2. The fraction of sp³-hybridized carbons (Fsp3) is 0.533. The van der Waals surface area contributed by atoms with Crippen molar-refractivity contribution < 1.29 is 31.9 Å². The summed E-state index contributed by atoms with van der Waals surface area (Å²) < 4.78 is 51.3. The normalized spacial score (nSPS) is 16.1. The van der Waals surface area contributed by atoms with Crippen molar-refractivity contribution in [2.24, 2.45) is 0 Å². The highest BCUT2D eigenvalue weighted by Crippen LogP contribution is 2.35. The van der Waals surface area contributed by atoms with Gasteiger partial charge in [-0.15, -0.1) is 0 Å². The molecule has 1 unspecified atom stereocenters. The van der Waals surface area contributed by atoms with Gasteiger partial charge < -0.3 is 19.7 Å². The molecule has 1 N–H and O–H groups in total. The third-order valence-corrected chi connectivity index (χ3v) is 8.76. The lowest BCUT2D eigenvalue weighted by Crippen LogP contribution is -2.51. The van der Waals surface area contributed by atoms with Crippen LogP contribution in [0.1, 0.15) is 63.9 Å². The zero-order valence-corrected chi connectivity index (χ0v) is 24.6. The molecule has 2 aromatic rings. The summed E-state index contributed by atoms with van der Waals surface area (Å²) in [5.74, 6) is 0.184. The molecule has 11 heteroatoms. The summed E-state index contributed by atoms with van der Waals surface area (Å²) in [4.78, 5) is 28.6. The average Bonchev–Trinajstić information content (AvgIpc) is 2.95. The highest BCUT2D eigenvalue weighted by Gasteiger charge is 2.30. The van der Waals surface area contributed by atoms with E-state index in [1.165, 1.54) is 16.4 Å². The minimum absolute atomic E-state index is 0.0327. The van der Waals surface area contributed by atoms with Crippen LogP contribution in [0.25, 0.3) is 0 Å². The molecule has 0 aromatic heterocycles. The van der Waals surface area contributed by atoms with E-state index in [1.807, 2.05) is 6.92 Å². The van der Waals surface area contributed by atoms with Gasteiger partial charge in [0.1, 0.15) is 25.1 Å². The van der Waals surface area contributed by atoms with E-state index in [0.717, 1.165) is 38.4 Å². The number of sulfonamides is 1. The quantitative estimate of drug-likeness (QED) is 0.394. The number of ether oxygens (including phenoxy) is 2. The smallest absolute Gasteiger partial charge is 0.243 e. The third kappa shape index (κ3) is 8.34. The second-order valence-corrected chi connectivity index (χ2v) is 12.6. The van der Waals surface area contributed by atoms with Crippen molar-refractivity contribution in [2.45, 2.75) is 76.9 Å². The van der Waals surface area contributed by atoms with Crippen LogP contribution in [0, 0.1) is 5.82 Å². The Bertz CT molecular complexity index is 1300. The Balaban J connectivity index is 1.48. The predicted octanol–water partition coefficient (Wildman–Crippen LogP) is 4.40. The lowest BCUT2D eigenvalue weighted by Gasteiger charge is -2.33. The van der Waals surface area contributed by atoms with Gasteiger partial charge in [0.2, 0.25) is 21.8 Å². The van der Waals surface area contributed by atoms with E-state index in [4.69, 9.17) is 9.47 Å². The molecule has 0 bridgehead atoms. The van der Waals surface area contributed by atoms with Crippen LogP contribution in [0.15, 0.2) is 42.5 Å². The van der Waals surface area contributed by atoms with E-state index >= 15 is 0 Å². The van der Waals surface area contributed by atoms with Crippen LogP contribution in [-0.4, -0.2) is 63.2 Å². The molecule has 0 saturated heterocycles. The second-order valence-electron chi connectivity index (χ2n) is 10.7. The molecule has 0 spiro atoms. The summed E-state index contributed by atoms with van der Waals surface area (Å²) in [5, 5.41) is 3.14. The van der Waals surface area contributed by atoms with Crippen molar-refractivity contribution in [1.29, 1.82) is 0 Å². The standard InChI is InChI=1S/C30H40FN3O6S/c1-3-26(30(36)32-24-8-5-4-6-9-24)33(21-22-11-13-23(31)14-12-22)29(35)10-7-17-34(41(2,37)38)25-15-16-27-28(20-25)40-19-18-39-27/h11-16,20,24,26H,3-10,17-19,21H2,1-2H3,(H,32,36). The van der Waals surface area contributed by atoms with Crippen LogP contribution in [0.2, 0.25) is 0 Å². The Labute approximate surface area is 242 Å². The number of rotatable bonds is 12. The number of fused-ring (bicyclic) bond motifs is 1. The van der Waals surface area contributed by atoms with Crippen LogP contribution < -0.4 is 19.1 Å². The summed E-state index contributed by atoms with van der Waals surface area (Å²) in [6, 6.07) is 10.2. The zero-order chi connectivity index (χ0) is 29.4. The number of carbonyl (C=O) groups excluding carboxylic acids is 2. The highest BCUT2D eigenvalue weighted by atomic mass is 32.2. The molecule has 4 rings (SSSR count). The minimum Gasteiger partial charge on any atom is -0.486 e. The number of nitrogens with one attached hydrogen (secondary N) is 1. The molecule has 1 fully saturated rings. The van der Waals surface area contributed by atoms with E-state index in [0.29, 0.717) is 42.4 Å². The van der Waals surface area contributed by atoms with Gasteiger partial charge in [-0.25, -0.2) is 12.8 Å². The van der Waals surface area contributed by atoms with E-state index in [1.54, 1.807) is 35.2 Å². The largest absolute Gasteiger partial charge is 0.486 e. The van der Waals surface area contributed by atoms with Crippen LogP contribution in [0.4, 0.5) is 10.1 Å². The van der Waals surface area contributed by atoms with Crippen molar-refractivity contribution in [2.75, 3.05) is 30.3 Å². The van der Waals surface area contributed by atoms with Crippen LogP contribution in [-0.2, 0) is 26.2 Å². The van der Waals surface area contributed by atoms with Crippen LogP contribution >= 0.6 is 0 Å². The summed E-state index contributed by atoms with van der Waals surface area (Å²) in [6.45, 7) is 2.88. The van der Waals surface area contributed by atoms with Gasteiger partial charge in [-0.1, -0.05) is 38.3 Å². The average molecular weight is 590 g/mol. The molecule has 2 amide bonds. The van der Waals surface area contributed by atoms with E-state index in [9.17, 15) is 22.4 Å². The van der Waals surface area contributed by atoms with Crippen molar-refractivity contribution in [3.63, 3.8) is 0 Å². The SMILES string of the molecule is CCC(C(=O)NC1CCCCC1)N(Cc1ccc(F)cc1)C(=O)CCCN(c1ccc2c(c1)OCCO2)S(C)(=O)=O. The molecule has 2 aliphatic rings. The van der Waals surface area contributed by atoms with Crippen LogP contribution in [0.3, 0.4) is 0 Å². The number of anilines is 1. The number of carbonyl (C=O) groups is 2. The lowest BCUT2D eigenvalue weighted by molar-refractivity contribution is -0.141.